The Morgan fingerprint density at radius 3 is 2.25 bits per heavy atom. The van der Waals surface area contributed by atoms with Crippen LogP contribution in [0.2, 0.25) is 0 Å². The molecule has 4 heteroatoms. The summed E-state index contributed by atoms with van der Waals surface area (Å²) in [5, 5.41) is 0. The van der Waals surface area contributed by atoms with Crippen LogP contribution in [-0.4, -0.2) is 14.2 Å². The molecular formula is C16H18INO2. The summed E-state index contributed by atoms with van der Waals surface area (Å²) in [6.07, 6.45) is 8.11. The number of ether oxygens (including phenoxy) is 2. The van der Waals surface area contributed by atoms with E-state index in [4.69, 9.17) is 9.47 Å². The Labute approximate surface area is 136 Å². The molecule has 0 amide bonds. The summed E-state index contributed by atoms with van der Waals surface area (Å²) in [6, 6.07) is 9.87. The first kappa shape index (κ1) is 16.5. The van der Waals surface area contributed by atoms with E-state index < -0.39 is 0 Å². The van der Waals surface area contributed by atoms with Gasteiger partial charge in [0.2, 0.25) is 0 Å². The number of pyridine rings is 1. The van der Waals surface area contributed by atoms with Crippen molar-refractivity contribution in [2.45, 2.75) is 0 Å². The van der Waals surface area contributed by atoms with Crippen LogP contribution in [0.1, 0.15) is 11.1 Å². The molecule has 20 heavy (non-hydrogen) atoms. The molecule has 0 bridgehead atoms. The minimum atomic E-state index is 0. The SMILES string of the molecule is COc1ccc(OC)c(/C=C/c2cc[n+](C)cc2)c1.[I-]. The maximum atomic E-state index is 5.34. The van der Waals surface area contributed by atoms with E-state index in [0.29, 0.717) is 0 Å². The first-order chi connectivity index (χ1) is 9.22. The zero-order chi connectivity index (χ0) is 13.7. The molecule has 1 aromatic heterocycles. The molecular weight excluding hydrogens is 365 g/mol. The van der Waals surface area contributed by atoms with Crippen LogP contribution in [-0.2, 0) is 7.05 Å². The van der Waals surface area contributed by atoms with Crippen molar-refractivity contribution in [2.24, 2.45) is 7.05 Å². The molecule has 0 aliphatic heterocycles. The molecule has 3 nitrogen and oxygen atoms in total. The van der Waals surface area contributed by atoms with Crippen LogP contribution in [0.25, 0.3) is 12.2 Å². The summed E-state index contributed by atoms with van der Waals surface area (Å²) in [5.74, 6) is 1.65. The smallest absolute Gasteiger partial charge is 0.169 e. The summed E-state index contributed by atoms with van der Waals surface area (Å²) in [5.41, 5.74) is 2.14. The number of nitrogens with zero attached hydrogens (tertiary/aromatic N) is 1. The van der Waals surface area contributed by atoms with Gasteiger partial charge in [0.15, 0.2) is 12.4 Å². The van der Waals surface area contributed by atoms with Crippen LogP contribution < -0.4 is 38.0 Å². The highest BCUT2D eigenvalue weighted by atomic mass is 127. The highest BCUT2D eigenvalue weighted by molar-refractivity contribution is 5.73. The standard InChI is InChI=1S/C16H18NO2.HI/c1-17-10-8-13(9-11-17)4-5-14-12-15(18-2)6-7-16(14)19-3;/h4-12H,1-3H3;1H/q+1;/p-1/b5-4+;. The van der Waals surface area contributed by atoms with Gasteiger partial charge in [-0.15, -0.1) is 0 Å². The Morgan fingerprint density at radius 1 is 0.950 bits per heavy atom. The maximum absolute atomic E-state index is 5.34. The monoisotopic (exact) mass is 383 g/mol. The molecule has 1 aromatic carbocycles. The molecule has 0 aliphatic rings. The zero-order valence-electron chi connectivity index (χ0n) is 11.8. The van der Waals surface area contributed by atoms with Gasteiger partial charge in [-0.3, -0.25) is 0 Å². The van der Waals surface area contributed by atoms with Gasteiger partial charge in [-0.05, 0) is 23.8 Å². The molecule has 2 aromatic rings. The molecule has 0 fully saturated rings. The van der Waals surface area contributed by atoms with Crippen LogP contribution in [0.5, 0.6) is 11.5 Å². The van der Waals surface area contributed by atoms with Gasteiger partial charge < -0.3 is 33.5 Å². The van der Waals surface area contributed by atoms with Crippen molar-refractivity contribution < 1.29 is 38.0 Å². The summed E-state index contributed by atoms with van der Waals surface area (Å²) in [6.45, 7) is 0. The molecule has 106 valence electrons. The van der Waals surface area contributed by atoms with E-state index in [1.807, 2.05) is 48.3 Å². The average Bonchev–Trinajstić information content (AvgIpc) is 2.46. The zero-order valence-corrected chi connectivity index (χ0v) is 14.0. The van der Waals surface area contributed by atoms with Crippen molar-refractivity contribution in [2.75, 3.05) is 14.2 Å². The Bertz CT molecular complexity index is 580. The third-order valence-electron chi connectivity index (χ3n) is 2.90. The normalized spacial score (nSPS) is 10.2. The van der Waals surface area contributed by atoms with Crippen molar-refractivity contribution in [1.82, 2.24) is 0 Å². The van der Waals surface area contributed by atoms with Gasteiger partial charge >= 0.3 is 0 Å². The van der Waals surface area contributed by atoms with Crippen LogP contribution in [0.4, 0.5) is 0 Å². The Hall–Kier alpha value is -1.56. The molecule has 0 saturated heterocycles. The fourth-order valence-electron chi connectivity index (χ4n) is 1.78. The molecule has 0 saturated carbocycles. The molecule has 0 atom stereocenters. The Morgan fingerprint density at radius 2 is 1.65 bits per heavy atom. The first-order valence-corrected chi connectivity index (χ1v) is 6.08. The van der Waals surface area contributed by atoms with Gasteiger partial charge in [0.25, 0.3) is 0 Å². The summed E-state index contributed by atoms with van der Waals surface area (Å²) >= 11 is 0. The maximum Gasteiger partial charge on any atom is 0.169 e. The summed E-state index contributed by atoms with van der Waals surface area (Å²) in [4.78, 5) is 0. The number of hydrogen-bond donors (Lipinski definition) is 0. The minimum Gasteiger partial charge on any atom is -1.00 e. The number of hydrogen-bond acceptors (Lipinski definition) is 2. The third kappa shape index (κ3) is 4.23. The number of halogens is 1. The Kier molecular flexibility index (Phi) is 6.51. The van der Waals surface area contributed by atoms with Crippen LogP contribution >= 0.6 is 0 Å². The number of methoxy groups -OCH3 is 2. The van der Waals surface area contributed by atoms with Crippen molar-refractivity contribution in [1.29, 1.82) is 0 Å². The summed E-state index contributed by atoms with van der Waals surface area (Å²) < 4.78 is 12.6. The fraction of sp³-hybridized carbons (Fsp3) is 0.188. The largest absolute Gasteiger partial charge is 1.00 e. The van der Waals surface area contributed by atoms with E-state index in [9.17, 15) is 0 Å². The van der Waals surface area contributed by atoms with E-state index >= 15 is 0 Å². The van der Waals surface area contributed by atoms with Gasteiger partial charge in [-0.25, -0.2) is 4.57 Å². The molecule has 0 aliphatic carbocycles. The molecule has 2 rings (SSSR count). The van der Waals surface area contributed by atoms with E-state index in [1.165, 1.54) is 0 Å². The van der Waals surface area contributed by atoms with Crippen molar-refractivity contribution in [3.63, 3.8) is 0 Å². The quantitative estimate of drug-likeness (QED) is 0.535. The lowest BCUT2D eigenvalue weighted by atomic mass is 10.1. The van der Waals surface area contributed by atoms with E-state index in [-0.39, 0.29) is 24.0 Å². The fourth-order valence-corrected chi connectivity index (χ4v) is 1.78. The number of benzene rings is 1. The topological polar surface area (TPSA) is 22.3 Å². The first-order valence-electron chi connectivity index (χ1n) is 6.08. The van der Waals surface area contributed by atoms with Gasteiger partial charge in [-0.1, -0.05) is 12.2 Å². The van der Waals surface area contributed by atoms with Gasteiger partial charge in [0.1, 0.15) is 18.5 Å². The highest BCUT2D eigenvalue weighted by Gasteiger charge is 2.01. The van der Waals surface area contributed by atoms with Gasteiger partial charge in [0.05, 0.1) is 14.2 Å². The van der Waals surface area contributed by atoms with E-state index in [0.717, 1.165) is 22.6 Å². The Balaban J connectivity index is 0.00000200. The van der Waals surface area contributed by atoms with Crippen LogP contribution in [0.3, 0.4) is 0 Å². The second-order valence-electron chi connectivity index (χ2n) is 4.24. The van der Waals surface area contributed by atoms with E-state index in [2.05, 4.69) is 18.2 Å². The van der Waals surface area contributed by atoms with Crippen LogP contribution in [0.15, 0.2) is 42.7 Å². The van der Waals surface area contributed by atoms with Crippen molar-refractivity contribution >= 4 is 12.2 Å². The second-order valence-corrected chi connectivity index (χ2v) is 4.24. The van der Waals surface area contributed by atoms with Crippen molar-refractivity contribution in [3.8, 4) is 11.5 Å². The predicted molar refractivity (Wildman–Crippen MR) is 76.1 cm³/mol. The predicted octanol–water partition coefficient (Wildman–Crippen LogP) is -0.297. The molecule has 0 N–H and O–H groups in total. The van der Waals surface area contributed by atoms with Crippen molar-refractivity contribution in [3.05, 3.63) is 53.9 Å². The van der Waals surface area contributed by atoms with E-state index in [1.54, 1.807) is 14.2 Å². The number of aromatic nitrogens is 1. The van der Waals surface area contributed by atoms with Crippen LogP contribution in [0, 0.1) is 0 Å². The third-order valence-corrected chi connectivity index (χ3v) is 2.90. The molecule has 0 radical (unpaired) electrons. The van der Waals surface area contributed by atoms with Gasteiger partial charge in [0, 0.05) is 17.7 Å². The molecule has 0 spiro atoms. The molecule has 0 unspecified atom stereocenters. The number of aryl methyl sites for hydroxylation is 1. The molecule has 1 heterocycles. The second kappa shape index (κ2) is 7.89. The lowest BCUT2D eigenvalue weighted by molar-refractivity contribution is -0.671. The summed E-state index contributed by atoms with van der Waals surface area (Å²) in [7, 11) is 5.33. The lowest BCUT2D eigenvalue weighted by Crippen LogP contribution is -3.00. The number of rotatable bonds is 4. The minimum absolute atomic E-state index is 0. The lowest BCUT2D eigenvalue weighted by Gasteiger charge is -2.07. The highest BCUT2D eigenvalue weighted by Crippen LogP contribution is 2.25. The van der Waals surface area contributed by atoms with Gasteiger partial charge in [-0.2, -0.15) is 0 Å². The average molecular weight is 383 g/mol.